The number of nitrogens with two attached hydrogens (primary N) is 1. The fourth-order valence-corrected chi connectivity index (χ4v) is 2.91. The number of hydrogen-bond donors (Lipinski definition) is 2. The molecule has 1 nitrogen and oxygen atoms in total. The van der Waals surface area contributed by atoms with E-state index in [0.717, 1.165) is 11.4 Å². The van der Waals surface area contributed by atoms with E-state index in [1.165, 1.54) is 5.56 Å². The van der Waals surface area contributed by atoms with Crippen LogP contribution < -0.4 is 5.73 Å². The highest BCUT2D eigenvalue weighted by Crippen LogP contribution is 2.37. The Morgan fingerprint density at radius 3 is 2.57 bits per heavy atom. The fraction of sp³-hybridized carbons (Fsp3) is 0.455. The van der Waals surface area contributed by atoms with Gasteiger partial charge in [-0.05, 0) is 29.6 Å². The highest BCUT2D eigenvalue weighted by molar-refractivity contribution is 7.98. The molecule has 0 saturated heterocycles. The lowest BCUT2D eigenvalue weighted by atomic mass is 10.0. The van der Waals surface area contributed by atoms with Crippen molar-refractivity contribution in [3.8, 4) is 0 Å². The van der Waals surface area contributed by atoms with Crippen molar-refractivity contribution in [2.24, 2.45) is 5.92 Å². The number of benzene rings is 1. The van der Waals surface area contributed by atoms with Crippen molar-refractivity contribution in [2.75, 3.05) is 17.7 Å². The van der Waals surface area contributed by atoms with Gasteiger partial charge in [-0.25, -0.2) is 0 Å². The van der Waals surface area contributed by atoms with Crippen LogP contribution in [-0.4, -0.2) is 12.0 Å². The number of nitrogen functional groups attached to an aromatic ring is 1. The lowest BCUT2D eigenvalue weighted by Gasteiger charge is -2.22. The third kappa shape index (κ3) is 2.61. The van der Waals surface area contributed by atoms with Gasteiger partial charge < -0.3 is 5.73 Å². The van der Waals surface area contributed by atoms with Crippen LogP contribution >= 0.6 is 24.4 Å². The quantitative estimate of drug-likeness (QED) is 0.610. The molecular weight excluding hydrogens is 210 g/mol. The van der Waals surface area contributed by atoms with Crippen molar-refractivity contribution in [3.05, 3.63) is 29.8 Å². The van der Waals surface area contributed by atoms with E-state index in [1.54, 1.807) is 0 Å². The minimum absolute atomic E-state index is 0.452. The van der Waals surface area contributed by atoms with E-state index >= 15 is 0 Å². The van der Waals surface area contributed by atoms with Crippen LogP contribution in [-0.2, 0) is 0 Å². The molecule has 0 heterocycles. The Bertz CT molecular complexity index is 288. The van der Waals surface area contributed by atoms with Gasteiger partial charge in [0.2, 0.25) is 0 Å². The van der Waals surface area contributed by atoms with Gasteiger partial charge in [0, 0.05) is 10.9 Å². The second kappa shape index (κ2) is 5.56. The molecule has 0 aromatic heterocycles. The average Bonchev–Trinajstić information content (AvgIpc) is 2.21. The van der Waals surface area contributed by atoms with Crippen LogP contribution in [0.2, 0.25) is 0 Å². The number of thiol groups is 1. The first-order valence-electron chi connectivity index (χ1n) is 4.68. The van der Waals surface area contributed by atoms with E-state index in [-0.39, 0.29) is 0 Å². The zero-order valence-electron chi connectivity index (χ0n) is 8.60. The molecule has 0 bridgehead atoms. The number of thioether (sulfide) groups is 1. The van der Waals surface area contributed by atoms with Crippen molar-refractivity contribution >= 4 is 30.1 Å². The maximum atomic E-state index is 5.95. The molecule has 0 aliphatic heterocycles. The zero-order valence-corrected chi connectivity index (χ0v) is 10.3. The normalized spacial score (nSPS) is 15.1. The molecule has 2 N–H and O–H groups in total. The van der Waals surface area contributed by atoms with Gasteiger partial charge in [0.1, 0.15) is 0 Å². The molecule has 0 radical (unpaired) electrons. The van der Waals surface area contributed by atoms with Crippen LogP contribution in [0.25, 0.3) is 0 Å². The smallest absolute Gasteiger partial charge is 0.0358 e. The maximum absolute atomic E-state index is 5.95. The van der Waals surface area contributed by atoms with Gasteiger partial charge in [-0.1, -0.05) is 25.1 Å². The number of para-hydroxylation sites is 1. The number of anilines is 1. The second-order valence-corrected chi connectivity index (χ2v) is 4.79. The van der Waals surface area contributed by atoms with Crippen LogP contribution in [0, 0.1) is 5.92 Å². The van der Waals surface area contributed by atoms with Gasteiger partial charge in [-0.2, -0.15) is 24.4 Å². The van der Waals surface area contributed by atoms with Gasteiger partial charge in [-0.3, -0.25) is 0 Å². The molecule has 1 rings (SSSR count). The standard InChI is InChI=1S/C11H17NS2/c1-8(7-13)11(14-2)9-5-3-4-6-10(9)12/h3-6,8,11,13H,7,12H2,1-2H3. The molecular formula is C11H17NS2. The number of hydrogen-bond acceptors (Lipinski definition) is 3. The van der Waals surface area contributed by atoms with E-state index in [2.05, 4.69) is 31.9 Å². The van der Waals surface area contributed by atoms with Crippen LogP contribution in [0.3, 0.4) is 0 Å². The first-order valence-corrected chi connectivity index (χ1v) is 6.60. The summed E-state index contributed by atoms with van der Waals surface area (Å²) in [5.74, 6) is 1.43. The average molecular weight is 227 g/mol. The first-order chi connectivity index (χ1) is 6.70. The summed E-state index contributed by atoms with van der Waals surface area (Å²) in [7, 11) is 0. The van der Waals surface area contributed by atoms with Crippen molar-refractivity contribution in [2.45, 2.75) is 12.2 Å². The van der Waals surface area contributed by atoms with Crippen LogP contribution in [0.4, 0.5) is 5.69 Å². The van der Waals surface area contributed by atoms with E-state index in [0.29, 0.717) is 11.2 Å². The predicted molar refractivity (Wildman–Crippen MR) is 70.1 cm³/mol. The van der Waals surface area contributed by atoms with Crippen LogP contribution in [0.15, 0.2) is 24.3 Å². The molecule has 0 amide bonds. The zero-order chi connectivity index (χ0) is 10.6. The van der Waals surface area contributed by atoms with Crippen molar-refractivity contribution < 1.29 is 0 Å². The Labute approximate surface area is 95.9 Å². The minimum Gasteiger partial charge on any atom is -0.398 e. The van der Waals surface area contributed by atoms with Gasteiger partial charge >= 0.3 is 0 Å². The van der Waals surface area contributed by atoms with Crippen molar-refractivity contribution in [3.63, 3.8) is 0 Å². The lowest BCUT2D eigenvalue weighted by Crippen LogP contribution is -2.09. The summed E-state index contributed by atoms with van der Waals surface area (Å²) in [5.41, 5.74) is 8.08. The molecule has 0 saturated carbocycles. The molecule has 78 valence electrons. The molecule has 14 heavy (non-hydrogen) atoms. The number of rotatable bonds is 4. The van der Waals surface area contributed by atoms with Gasteiger partial charge in [0.05, 0.1) is 0 Å². The van der Waals surface area contributed by atoms with Crippen molar-refractivity contribution in [1.82, 2.24) is 0 Å². The topological polar surface area (TPSA) is 26.0 Å². The molecule has 1 aromatic rings. The summed E-state index contributed by atoms with van der Waals surface area (Å²) in [6, 6.07) is 8.09. The first kappa shape index (κ1) is 11.8. The molecule has 0 aliphatic rings. The van der Waals surface area contributed by atoms with Gasteiger partial charge in [0.15, 0.2) is 0 Å². The third-order valence-electron chi connectivity index (χ3n) is 2.36. The largest absolute Gasteiger partial charge is 0.398 e. The minimum atomic E-state index is 0.452. The molecule has 0 aliphatic carbocycles. The van der Waals surface area contributed by atoms with Gasteiger partial charge in [-0.15, -0.1) is 0 Å². The Kier molecular flexibility index (Phi) is 4.69. The highest BCUT2D eigenvalue weighted by atomic mass is 32.2. The Hall–Kier alpha value is -0.280. The van der Waals surface area contributed by atoms with E-state index < -0.39 is 0 Å². The van der Waals surface area contributed by atoms with Crippen molar-refractivity contribution in [1.29, 1.82) is 0 Å². The fourth-order valence-electron chi connectivity index (χ4n) is 1.53. The maximum Gasteiger partial charge on any atom is 0.0358 e. The highest BCUT2D eigenvalue weighted by Gasteiger charge is 2.18. The summed E-state index contributed by atoms with van der Waals surface area (Å²) >= 11 is 6.18. The second-order valence-electron chi connectivity index (χ2n) is 3.45. The van der Waals surface area contributed by atoms with Crippen LogP contribution in [0.1, 0.15) is 17.7 Å². The Morgan fingerprint density at radius 1 is 1.43 bits per heavy atom. The summed E-state index contributed by atoms with van der Waals surface area (Å²) in [4.78, 5) is 0. The Morgan fingerprint density at radius 2 is 2.07 bits per heavy atom. The molecule has 3 heteroatoms. The lowest BCUT2D eigenvalue weighted by molar-refractivity contribution is 0.647. The summed E-state index contributed by atoms with van der Waals surface area (Å²) in [6.07, 6.45) is 2.12. The SMILES string of the molecule is CSC(c1ccccc1N)C(C)CS. The molecule has 1 aromatic carbocycles. The van der Waals surface area contributed by atoms with Crippen LogP contribution in [0.5, 0.6) is 0 Å². The van der Waals surface area contributed by atoms with E-state index in [9.17, 15) is 0 Å². The predicted octanol–water partition coefficient (Wildman–Crippen LogP) is 3.24. The van der Waals surface area contributed by atoms with E-state index in [4.69, 9.17) is 5.73 Å². The van der Waals surface area contributed by atoms with E-state index in [1.807, 2.05) is 30.0 Å². The summed E-state index contributed by atoms with van der Waals surface area (Å²) in [5, 5.41) is 0.452. The molecule has 2 unspecified atom stereocenters. The Balaban J connectivity index is 2.94. The summed E-state index contributed by atoms with van der Waals surface area (Å²) in [6.45, 7) is 2.21. The molecule has 0 fully saturated rings. The van der Waals surface area contributed by atoms with Gasteiger partial charge in [0.25, 0.3) is 0 Å². The molecule has 0 spiro atoms. The molecule has 2 atom stereocenters. The monoisotopic (exact) mass is 227 g/mol. The summed E-state index contributed by atoms with van der Waals surface area (Å²) < 4.78 is 0. The third-order valence-corrected chi connectivity index (χ3v) is 4.16.